The molecule has 1 atom stereocenters. The van der Waals surface area contributed by atoms with E-state index in [0.717, 1.165) is 30.3 Å². The van der Waals surface area contributed by atoms with E-state index < -0.39 is 18.0 Å². The molecular weight excluding hydrogens is 557 g/mol. The van der Waals surface area contributed by atoms with Gasteiger partial charge in [0.1, 0.15) is 16.1 Å². The molecule has 1 saturated carbocycles. The molecule has 0 unspecified atom stereocenters. The number of aromatic amines is 1. The number of benzene rings is 2. The number of rotatable bonds is 11. The first-order chi connectivity index (χ1) is 18.2. The Balaban J connectivity index is 1.62. The molecular formula is C27H27Cl2F2N2O4S+. The van der Waals surface area contributed by atoms with Crippen molar-refractivity contribution < 1.29 is 32.8 Å². The third kappa shape index (κ3) is 7.88. The quantitative estimate of drug-likeness (QED) is 0.172. The molecule has 4 rings (SSSR count). The molecule has 0 saturated heterocycles. The Bertz CT molecular complexity index is 1260. The van der Waals surface area contributed by atoms with Crippen LogP contribution in [0.3, 0.4) is 0 Å². The van der Waals surface area contributed by atoms with E-state index in [0.29, 0.717) is 38.6 Å². The molecule has 3 aromatic rings. The average Bonchev–Trinajstić information content (AvgIpc) is 3.69. The van der Waals surface area contributed by atoms with E-state index >= 15 is 0 Å². The summed E-state index contributed by atoms with van der Waals surface area (Å²) < 4.78 is 42.4. The van der Waals surface area contributed by atoms with Gasteiger partial charge in [0.25, 0.3) is 0 Å². The number of nitrogens with zero attached hydrogens (tertiary/aromatic N) is 1. The third-order valence-corrected chi connectivity index (χ3v) is 7.31. The summed E-state index contributed by atoms with van der Waals surface area (Å²) in [5, 5.41) is 0.189. The molecule has 11 heteroatoms. The zero-order valence-electron chi connectivity index (χ0n) is 20.8. The van der Waals surface area contributed by atoms with Crippen LogP contribution < -0.4 is 19.4 Å². The van der Waals surface area contributed by atoms with Crippen molar-refractivity contribution in [3.63, 3.8) is 0 Å². The lowest BCUT2D eigenvalue weighted by atomic mass is 10.0. The summed E-state index contributed by atoms with van der Waals surface area (Å²) in [6.45, 7) is -2.62. The van der Waals surface area contributed by atoms with E-state index in [1.165, 1.54) is 6.07 Å². The number of hydrogen-bond donors (Lipinski definition) is 0. The van der Waals surface area contributed by atoms with Gasteiger partial charge in [-0.05, 0) is 66.4 Å². The number of pyridine rings is 1. The number of anilines is 1. The van der Waals surface area contributed by atoms with Gasteiger partial charge in [-0.2, -0.15) is 8.78 Å². The van der Waals surface area contributed by atoms with Crippen LogP contribution in [0.25, 0.3) is 0 Å². The van der Waals surface area contributed by atoms with Crippen molar-refractivity contribution in [3.8, 4) is 11.5 Å². The van der Waals surface area contributed by atoms with Crippen LogP contribution in [0.2, 0.25) is 10.0 Å². The maximum Gasteiger partial charge on any atom is 0.387 e. The van der Waals surface area contributed by atoms with E-state index in [2.05, 4.69) is 9.72 Å². The first kappa shape index (κ1) is 28.3. The maximum atomic E-state index is 13.1. The average molecular weight is 584 g/mol. The van der Waals surface area contributed by atoms with E-state index in [1.807, 2.05) is 43.3 Å². The van der Waals surface area contributed by atoms with Gasteiger partial charge in [0.15, 0.2) is 23.9 Å². The highest BCUT2D eigenvalue weighted by atomic mass is 35.5. The lowest BCUT2D eigenvalue weighted by Gasteiger charge is -2.21. The minimum absolute atomic E-state index is 0.0882. The monoisotopic (exact) mass is 583 g/mol. The Kier molecular flexibility index (Phi) is 9.57. The number of carbonyl (C=O) groups excluding carboxylic acids is 1. The van der Waals surface area contributed by atoms with Crippen LogP contribution in [0.1, 0.15) is 30.1 Å². The summed E-state index contributed by atoms with van der Waals surface area (Å²) in [6.07, 6.45) is 4.51. The highest BCUT2D eigenvalue weighted by Crippen LogP contribution is 2.38. The minimum atomic E-state index is -3.01. The SMILES string of the molecule is CN(C)c1cccc(SC(=O)O[C@@H](Cc2c(Cl)c[nH+]cc2Cl)c2ccc(OC(F)F)c(OCC3CC3)c2)c1. The highest BCUT2D eigenvalue weighted by Gasteiger charge is 2.26. The number of alkyl halides is 2. The maximum absolute atomic E-state index is 13.1. The predicted molar refractivity (Wildman–Crippen MR) is 144 cm³/mol. The molecule has 1 aliphatic carbocycles. The second-order valence-corrected chi connectivity index (χ2v) is 10.8. The molecule has 0 radical (unpaired) electrons. The Morgan fingerprint density at radius 2 is 1.84 bits per heavy atom. The van der Waals surface area contributed by atoms with Crippen molar-refractivity contribution in [1.82, 2.24) is 0 Å². The van der Waals surface area contributed by atoms with Crippen LogP contribution in [0, 0.1) is 5.92 Å². The second-order valence-electron chi connectivity index (χ2n) is 9.02. The van der Waals surface area contributed by atoms with Gasteiger partial charge < -0.3 is 19.1 Å². The topological polar surface area (TPSA) is 62.1 Å². The van der Waals surface area contributed by atoms with E-state index in [1.54, 1.807) is 24.5 Å². The van der Waals surface area contributed by atoms with Crippen LogP contribution in [0.4, 0.5) is 19.3 Å². The molecule has 0 aliphatic heterocycles. The van der Waals surface area contributed by atoms with Crippen molar-refractivity contribution in [2.45, 2.75) is 36.9 Å². The minimum Gasteiger partial charge on any atom is -0.489 e. The standard InChI is InChI=1S/C27H26Cl2F2N2O4S/c1-33(2)18-4-3-5-19(11-18)38-27(34)37-24(12-20-21(28)13-32-14-22(20)29)17-8-9-23(36-26(30)31)25(10-17)35-15-16-6-7-16/h3-5,8-11,13-14,16,24,26H,6-7,12,15H2,1-2H3/p+1/t24-/m0/s1. The number of thioether (sulfide) groups is 1. The summed E-state index contributed by atoms with van der Waals surface area (Å²) in [5.41, 5.74) is 2.02. The van der Waals surface area contributed by atoms with E-state index in [4.69, 9.17) is 32.7 Å². The number of H-pyrrole nitrogens is 1. The molecule has 0 amide bonds. The van der Waals surface area contributed by atoms with Gasteiger partial charge in [-0.3, -0.25) is 0 Å². The molecule has 1 fully saturated rings. The molecule has 6 nitrogen and oxygen atoms in total. The molecule has 0 spiro atoms. The van der Waals surface area contributed by atoms with Gasteiger partial charge in [0.2, 0.25) is 0 Å². The Hall–Kier alpha value is -2.75. The number of nitrogens with one attached hydrogen (secondary N) is 1. The van der Waals surface area contributed by atoms with Crippen molar-refractivity contribution in [2.75, 3.05) is 25.6 Å². The fraction of sp³-hybridized carbons (Fsp3) is 0.333. The molecule has 38 heavy (non-hydrogen) atoms. The molecule has 1 aromatic heterocycles. The largest absolute Gasteiger partial charge is 0.489 e. The van der Waals surface area contributed by atoms with E-state index in [-0.39, 0.29) is 17.9 Å². The van der Waals surface area contributed by atoms with Gasteiger partial charge in [-0.25, -0.2) is 9.78 Å². The molecule has 0 bridgehead atoms. The number of ether oxygens (including phenoxy) is 3. The van der Waals surface area contributed by atoms with Crippen LogP contribution in [-0.4, -0.2) is 32.6 Å². The van der Waals surface area contributed by atoms with E-state index in [9.17, 15) is 13.6 Å². The van der Waals surface area contributed by atoms with Crippen molar-refractivity contribution in [2.24, 2.45) is 5.92 Å². The first-order valence-corrected chi connectivity index (χ1v) is 13.5. The number of aromatic nitrogens is 1. The van der Waals surface area contributed by atoms with Crippen LogP contribution in [0.5, 0.6) is 11.5 Å². The second kappa shape index (κ2) is 12.9. The summed E-state index contributed by atoms with van der Waals surface area (Å²) in [6, 6.07) is 12.0. The number of halogens is 4. The normalized spacial score (nSPS) is 13.8. The Morgan fingerprint density at radius 1 is 1.11 bits per heavy atom. The van der Waals surface area contributed by atoms with Crippen molar-refractivity contribution >= 4 is 46.0 Å². The fourth-order valence-electron chi connectivity index (χ4n) is 3.67. The first-order valence-electron chi connectivity index (χ1n) is 11.9. The lowest BCUT2D eigenvalue weighted by molar-refractivity contribution is -0.377. The number of hydrogen-bond acceptors (Lipinski definition) is 6. The van der Waals surface area contributed by atoms with Gasteiger partial charge in [-0.15, -0.1) is 0 Å². The molecule has 2 aromatic carbocycles. The summed E-state index contributed by atoms with van der Waals surface area (Å²) >= 11 is 13.7. The van der Waals surface area contributed by atoms with Crippen LogP contribution >= 0.6 is 35.0 Å². The predicted octanol–water partition coefficient (Wildman–Crippen LogP) is 7.48. The fourth-order valence-corrected chi connectivity index (χ4v) is 4.88. The van der Waals surface area contributed by atoms with Gasteiger partial charge in [-0.1, -0.05) is 35.3 Å². The zero-order valence-corrected chi connectivity index (χ0v) is 23.1. The van der Waals surface area contributed by atoms with Crippen LogP contribution in [0.15, 0.2) is 59.8 Å². The zero-order chi connectivity index (χ0) is 27.2. The summed E-state index contributed by atoms with van der Waals surface area (Å²) in [5.74, 6) is 0.453. The van der Waals surface area contributed by atoms with Crippen molar-refractivity contribution in [3.05, 3.63) is 76.0 Å². The summed E-state index contributed by atoms with van der Waals surface area (Å²) in [7, 11) is 3.82. The molecule has 1 aliphatic rings. The molecule has 202 valence electrons. The number of carbonyl (C=O) groups is 1. The van der Waals surface area contributed by atoms with Crippen LogP contribution in [-0.2, 0) is 11.2 Å². The molecule has 1 N–H and O–H groups in total. The van der Waals surface area contributed by atoms with Crippen molar-refractivity contribution in [1.29, 1.82) is 0 Å². The molecule has 1 heterocycles. The van der Waals surface area contributed by atoms with Gasteiger partial charge in [0, 0.05) is 36.7 Å². The Labute approximate surface area is 234 Å². The van der Waals surface area contributed by atoms with Gasteiger partial charge >= 0.3 is 11.9 Å². The third-order valence-electron chi connectivity index (χ3n) is 5.89. The Morgan fingerprint density at radius 3 is 2.50 bits per heavy atom. The lowest BCUT2D eigenvalue weighted by Crippen LogP contribution is -2.14. The summed E-state index contributed by atoms with van der Waals surface area (Å²) in [4.78, 5) is 18.5. The smallest absolute Gasteiger partial charge is 0.387 e. The highest BCUT2D eigenvalue weighted by molar-refractivity contribution is 8.13. The van der Waals surface area contributed by atoms with Gasteiger partial charge in [0.05, 0.1) is 6.61 Å².